The minimum Gasteiger partial charge on any atom is -0.329 e. The molecule has 1 aliphatic rings. The third-order valence-electron chi connectivity index (χ3n) is 5.57. The second kappa shape index (κ2) is 7.86. The molecule has 9 heteroatoms. The van der Waals surface area contributed by atoms with E-state index in [1.54, 1.807) is 19.1 Å². The van der Waals surface area contributed by atoms with Crippen molar-refractivity contribution in [2.45, 2.75) is 13.0 Å². The Kier molecular flexibility index (Phi) is 4.86. The Morgan fingerprint density at radius 3 is 2.64 bits per heavy atom. The highest BCUT2D eigenvalue weighted by atomic mass is 19.1. The number of amides is 1. The first-order valence-electron chi connectivity index (χ1n) is 10.2. The van der Waals surface area contributed by atoms with E-state index in [0.29, 0.717) is 28.5 Å². The summed E-state index contributed by atoms with van der Waals surface area (Å²) in [6.45, 7) is 1.76. The van der Waals surface area contributed by atoms with E-state index in [1.807, 2.05) is 28.8 Å². The normalized spacial score (nSPS) is 15.2. The first-order valence-corrected chi connectivity index (χ1v) is 10.2. The zero-order valence-electron chi connectivity index (χ0n) is 17.4. The number of nitrogens with one attached hydrogen (secondary N) is 2. The Morgan fingerprint density at radius 2 is 1.88 bits per heavy atom. The summed E-state index contributed by atoms with van der Waals surface area (Å²) in [6, 6.07) is 18.5. The molecule has 0 bridgehead atoms. The summed E-state index contributed by atoms with van der Waals surface area (Å²) in [5, 5.41) is 17.4. The van der Waals surface area contributed by atoms with Crippen molar-refractivity contribution in [2.24, 2.45) is 0 Å². The Bertz CT molecular complexity index is 1440. The van der Waals surface area contributed by atoms with Gasteiger partial charge in [-0.3, -0.25) is 19.5 Å². The molecular weight excluding hydrogens is 425 g/mol. The molecule has 0 radical (unpaired) electrons. The summed E-state index contributed by atoms with van der Waals surface area (Å²) >= 11 is 0. The lowest BCUT2D eigenvalue weighted by atomic mass is 9.94. The molecule has 5 rings (SSSR count). The van der Waals surface area contributed by atoms with Crippen LogP contribution in [-0.2, 0) is 4.79 Å². The van der Waals surface area contributed by atoms with Crippen LogP contribution in [0.4, 0.5) is 21.7 Å². The van der Waals surface area contributed by atoms with Crippen LogP contribution >= 0.6 is 0 Å². The molecule has 2 heterocycles. The Morgan fingerprint density at radius 1 is 1.12 bits per heavy atom. The van der Waals surface area contributed by atoms with Crippen LogP contribution in [0.5, 0.6) is 0 Å². The van der Waals surface area contributed by atoms with E-state index in [4.69, 9.17) is 0 Å². The number of carbonyl (C=O) groups excluding carboxylic acids is 1. The standard InChI is InChI=1S/C24H18FN5O3/c1-14-21(23(31)27-17-11-9-16(25)10-12-17)22(15-5-4-6-18(13-15)30(32)33)29-20-8-3-2-7-19(20)28-24(29)26-14/h2-13,22H,1H3,(H,26,28)(H,27,31)/t22-/m0/s1. The quantitative estimate of drug-likeness (QED) is 0.341. The lowest BCUT2D eigenvalue weighted by Crippen LogP contribution is -2.31. The summed E-state index contributed by atoms with van der Waals surface area (Å²) < 4.78 is 15.2. The van der Waals surface area contributed by atoms with Gasteiger partial charge in [0, 0.05) is 23.5 Å². The molecule has 0 spiro atoms. The highest BCUT2D eigenvalue weighted by Crippen LogP contribution is 2.40. The molecule has 0 unspecified atom stereocenters. The van der Waals surface area contributed by atoms with Crippen molar-refractivity contribution in [3.63, 3.8) is 0 Å². The van der Waals surface area contributed by atoms with Gasteiger partial charge in [-0.2, -0.15) is 0 Å². The summed E-state index contributed by atoms with van der Waals surface area (Å²) in [5.41, 5.74) is 3.36. The molecule has 1 amide bonds. The van der Waals surface area contributed by atoms with Gasteiger partial charge >= 0.3 is 0 Å². The smallest absolute Gasteiger partial charge is 0.269 e. The number of nitro benzene ring substituents is 1. The third-order valence-corrected chi connectivity index (χ3v) is 5.57. The molecule has 2 N–H and O–H groups in total. The van der Waals surface area contributed by atoms with E-state index in [0.717, 1.165) is 11.0 Å². The van der Waals surface area contributed by atoms with Crippen LogP contribution in [0.3, 0.4) is 0 Å². The predicted octanol–water partition coefficient (Wildman–Crippen LogP) is 5.01. The van der Waals surface area contributed by atoms with Gasteiger partial charge < -0.3 is 10.6 Å². The average Bonchev–Trinajstić information content (AvgIpc) is 3.17. The number of allylic oxidation sites excluding steroid dienone is 1. The van der Waals surface area contributed by atoms with E-state index < -0.39 is 22.7 Å². The van der Waals surface area contributed by atoms with E-state index in [-0.39, 0.29) is 5.69 Å². The number of nitro groups is 1. The van der Waals surface area contributed by atoms with Crippen molar-refractivity contribution in [1.82, 2.24) is 9.55 Å². The monoisotopic (exact) mass is 443 g/mol. The van der Waals surface area contributed by atoms with Crippen molar-refractivity contribution in [3.8, 4) is 0 Å². The van der Waals surface area contributed by atoms with Gasteiger partial charge in [0.15, 0.2) is 0 Å². The van der Waals surface area contributed by atoms with Gasteiger partial charge in [0.25, 0.3) is 11.6 Å². The maximum Gasteiger partial charge on any atom is 0.269 e. The largest absolute Gasteiger partial charge is 0.329 e. The summed E-state index contributed by atoms with van der Waals surface area (Å²) in [6.07, 6.45) is 0. The fourth-order valence-corrected chi connectivity index (χ4v) is 4.11. The number of non-ortho nitro benzene ring substituents is 1. The van der Waals surface area contributed by atoms with Gasteiger partial charge in [-0.05, 0) is 48.9 Å². The number of benzene rings is 3. The maximum atomic E-state index is 13.5. The number of hydrogen-bond donors (Lipinski definition) is 2. The van der Waals surface area contributed by atoms with E-state index in [1.165, 1.54) is 36.4 Å². The SMILES string of the molecule is CC1=C(C(=O)Nc2ccc(F)cc2)[C@H](c2cccc([N+](=O)[O-])c2)n2c(nc3ccccc32)N1. The number of nitrogens with zero attached hydrogens (tertiary/aromatic N) is 3. The number of anilines is 2. The predicted molar refractivity (Wildman–Crippen MR) is 122 cm³/mol. The van der Waals surface area contributed by atoms with Crippen LogP contribution in [0.25, 0.3) is 11.0 Å². The van der Waals surface area contributed by atoms with E-state index in [2.05, 4.69) is 15.6 Å². The van der Waals surface area contributed by atoms with Crippen molar-refractivity contribution < 1.29 is 14.1 Å². The summed E-state index contributed by atoms with van der Waals surface area (Å²) in [4.78, 5) is 29.1. The molecule has 1 aliphatic heterocycles. The van der Waals surface area contributed by atoms with Crippen LogP contribution in [0.2, 0.25) is 0 Å². The van der Waals surface area contributed by atoms with E-state index in [9.17, 15) is 19.3 Å². The number of aromatic nitrogens is 2. The Labute approximate surface area is 187 Å². The zero-order valence-corrected chi connectivity index (χ0v) is 17.4. The summed E-state index contributed by atoms with van der Waals surface area (Å²) in [5.74, 6) is -0.290. The maximum absolute atomic E-state index is 13.5. The molecule has 0 saturated heterocycles. The molecule has 0 fully saturated rings. The molecule has 8 nitrogen and oxygen atoms in total. The Balaban J connectivity index is 1.68. The topological polar surface area (TPSA) is 102 Å². The van der Waals surface area contributed by atoms with Crippen LogP contribution in [-0.4, -0.2) is 20.4 Å². The van der Waals surface area contributed by atoms with Gasteiger partial charge in [-0.25, -0.2) is 9.37 Å². The molecule has 0 saturated carbocycles. The fraction of sp³-hybridized carbons (Fsp3) is 0.0833. The van der Waals surface area contributed by atoms with Gasteiger partial charge in [0.1, 0.15) is 5.82 Å². The molecule has 1 atom stereocenters. The molecule has 164 valence electrons. The minimum atomic E-state index is -0.672. The number of fused-ring (bicyclic) bond motifs is 3. The first kappa shape index (κ1) is 20.4. The lowest BCUT2D eigenvalue weighted by molar-refractivity contribution is -0.384. The number of para-hydroxylation sites is 2. The first-order chi connectivity index (χ1) is 15.9. The molecule has 3 aromatic carbocycles. The van der Waals surface area contributed by atoms with Gasteiger partial charge in [-0.1, -0.05) is 24.3 Å². The number of rotatable bonds is 4. The molecule has 1 aromatic heterocycles. The molecular formula is C24H18FN5O3. The van der Waals surface area contributed by atoms with Crippen molar-refractivity contribution >= 4 is 34.3 Å². The highest BCUT2D eigenvalue weighted by molar-refractivity contribution is 6.06. The highest BCUT2D eigenvalue weighted by Gasteiger charge is 2.34. The van der Waals surface area contributed by atoms with Crippen LogP contribution in [0.15, 0.2) is 84.1 Å². The van der Waals surface area contributed by atoms with Crippen molar-refractivity contribution in [3.05, 3.63) is 106 Å². The fourth-order valence-electron chi connectivity index (χ4n) is 4.11. The number of imidazole rings is 1. The van der Waals surface area contributed by atoms with Gasteiger partial charge in [0.05, 0.1) is 27.6 Å². The Hall–Kier alpha value is -4.53. The molecule has 4 aromatic rings. The van der Waals surface area contributed by atoms with Crippen LogP contribution in [0, 0.1) is 15.9 Å². The minimum absolute atomic E-state index is 0.0760. The van der Waals surface area contributed by atoms with Crippen LogP contribution < -0.4 is 10.6 Å². The van der Waals surface area contributed by atoms with Gasteiger partial charge in [-0.15, -0.1) is 0 Å². The zero-order chi connectivity index (χ0) is 23.1. The average molecular weight is 443 g/mol. The third kappa shape index (κ3) is 3.59. The second-order valence-electron chi connectivity index (χ2n) is 7.67. The van der Waals surface area contributed by atoms with E-state index >= 15 is 0 Å². The second-order valence-corrected chi connectivity index (χ2v) is 7.67. The van der Waals surface area contributed by atoms with Crippen molar-refractivity contribution in [2.75, 3.05) is 10.6 Å². The molecule has 33 heavy (non-hydrogen) atoms. The summed E-state index contributed by atoms with van der Waals surface area (Å²) in [7, 11) is 0. The van der Waals surface area contributed by atoms with Crippen molar-refractivity contribution in [1.29, 1.82) is 0 Å². The van der Waals surface area contributed by atoms with Crippen LogP contribution in [0.1, 0.15) is 18.5 Å². The number of halogens is 1. The van der Waals surface area contributed by atoms with Gasteiger partial charge in [0.2, 0.25) is 5.95 Å². The number of hydrogen-bond acceptors (Lipinski definition) is 5. The number of carbonyl (C=O) groups is 1. The molecule has 0 aliphatic carbocycles. The lowest BCUT2D eigenvalue weighted by Gasteiger charge is -2.30.